The summed E-state index contributed by atoms with van der Waals surface area (Å²) in [6.07, 6.45) is 4.80. The average molecular weight is 749 g/mol. The Kier molecular flexibility index (Phi) is 12.6. The summed E-state index contributed by atoms with van der Waals surface area (Å²) < 4.78 is 34.7. The highest BCUT2D eigenvalue weighted by atomic mass is 28.3. The lowest BCUT2D eigenvalue weighted by molar-refractivity contribution is 0.0204. The van der Waals surface area contributed by atoms with Gasteiger partial charge in [-0.05, 0) is 63.9 Å². The molecular weight excluding hydrogens is 692 g/mol. The highest BCUT2D eigenvalue weighted by molar-refractivity contribution is 6.76. The van der Waals surface area contributed by atoms with E-state index in [2.05, 4.69) is 55.2 Å². The van der Waals surface area contributed by atoms with E-state index in [0.29, 0.717) is 56.7 Å². The predicted octanol–water partition coefficient (Wildman–Crippen LogP) is 9.14. The van der Waals surface area contributed by atoms with Gasteiger partial charge in [-0.15, -0.1) is 0 Å². The minimum absolute atomic E-state index is 0.120. The molecule has 0 bridgehead atoms. The van der Waals surface area contributed by atoms with Crippen molar-refractivity contribution < 1.29 is 23.4 Å². The van der Waals surface area contributed by atoms with Crippen molar-refractivity contribution in [1.82, 2.24) is 24.5 Å². The third-order valence-electron chi connectivity index (χ3n) is 9.07. The van der Waals surface area contributed by atoms with Crippen LogP contribution in [0.15, 0.2) is 54.9 Å². The summed E-state index contributed by atoms with van der Waals surface area (Å²) in [4.78, 5) is 26.6. The minimum atomic E-state index is -1.29. The number of pyridine rings is 1. The Morgan fingerprint density at radius 2 is 1.54 bits per heavy atom. The summed E-state index contributed by atoms with van der Waals surface area (Å²) in [5.41, 5.74) is 3.73. The van der Waals surface area contributed by atoms with Crippen molar-refractivity contribution >= 4 is 33.7 Å². The standard InChI is InChI=1S/C39H57FN6O4Si2/c1-39(2,3)50-38(47)44-18-16-29(17-19-44)35-24-36(45(27-48-20-22-51(4,5)6)28-49-21-23-52(7,8)9)46-37(43-35)32(26-42-46)30-14-15-34(41-25-30)31-12-10-11-13-33(31)40/h10-15,24-26,29H,16-23,27-28H2,1-9H3. The van der Waals surface area contributed by atoms with Gasteiger partial charge in [0.1, 0.15) is 30.7 Å². The zero-order valence-corrected chi connectivity index (χ0v) is 34.5. The first-order chi connectivity index (χ1) is 24.5. The monoisotopic (exact) mass is 748 g/mol. The number of rotatable bonds is 14. The minimum Gasteiger partial charge on any atom is -0.444 e. The van der Waals surface area contributed by atoms with Crippen molar-refractivity contribution in [2.75, 3.05) is 44.7 Å². The highest BCUT2D eigenvalue weighted by Crippen LogP contribution is 2.34. The van der Waals surface area contributed by atoms with Crippen LogP contribution in [0.3, 0.4) is 0 Å². The lowest BCUT2D eigenvalue weighted by Gasteiger charge is -2.33. The van der Waals surface area contributed by atoms with Gasteiger partial charge in [0.05, 0.1) is 11.9 Å². The summed E-state index contributed by atoms with van der Waals surface area (Å²) in [7, 11) is -2.58. The Morgan fingerprint density at radius 1 is 0.904 bits per heavy atom. The summed E-state index contributed by atoms with van der Waals surface area (Å²) >= 11 is 0. The predicted molar refractivity (Wildman–Crippen MR) is 212 cm³/mol. The van der Waals surface area contributed by atoms with Crippen molar-refractivity contribution in [2.45, 2.75) is 96.5 Å². The van der Waals surface area contributed by atoms with Crippen LogP contribution in [-0.2, 0) is 14.2 Å². The molecule has 5 rings (SSSR count). The Hall–Kier alpha value is -3.66. The first kappa shape index (κ1) is 39.5. The quantitative estimate of drug-likeness (QED) is 0.0716. The molecule has 1 saturated heterocycles. The molecule has 0 saturated carbocycles. The number of hydrogen-bond acceptors (Lipinski definition) is 8. The molecule has 0 atom stereocenters. The Balaban J connectivity index is 1.50. The molecule has 4 heterocycles. The maximum Gasteiger partial charge on any atom is 0.410 e. The van der Waals surface area contributed by atoms with Gasteiger partial charge in [-0.2, -0.15) is 9.61 Å². The number of halogens is 1. The van der Waals surface area contributed by atoms with Gasteiger partial charge in [-0.3, -0.25) is 4.98 Å². The molecule has 0 aliphatic carbocycles. The molecular formula is C39H57FN6O4Si2. The van der Waals surface area contributed by atoms with Crippen LogP contribution >= 0.6 is 0 Å². The first-order valence-electron chi connectivity index (χ1n) is 18.5. The van der Waals surface area contributed by atoms with Crippen molar-refractivity contribution in [2.24, 2.45) is 0 Å². The van der Waals surface area contributed by atoms with Gasteiger partial charge in [0, 0.05) is 83.0 Å². The molecule has 1 amide bonds. The molecule has 0 spiro atoms. The Morgan fingerprint density at radius 3 is 2.10 bits per heavy atom. The zero-order valence-electron chi connectivity index (χ0n) is 32.5. The van der Waals surface area contributed by atoms with Crippen LogP contribution in [-0.4, -0.2) is 92.1 Å². The molecule has 0 unspecified atom stereocenters. The normalized spacial score (nSPS) is 14.6. The SMILES string of the molecule is CC(C)(C)OC(=O)N1CCC(c2cc(N(COCC[Si](C)(C)C)COCC[Si](C)(C)C)n3ncc(-c4ccc(-c5ccccc5F)nc4)c3n2)CC1. The Bertz CT molecular complexity index is 1770. The van der Waals surface area contributed by atoms with Crippen LogP contribution in [0.4, 0.5) is 15.0 Å². The van der Waals surface area contributed by atoms with E-state index in [1.807, 2.05) is 43.6 Å². The lowest BCUT2D eigenvalue weighted by Crippen LogP contribution is -2.41. The number of likely N-dealkylation sites (tertiary alicyclic amines) is 1. The summed E-state index contributed by atoms with van der Waals surface area (Å²) in [6.45, 7) is 23.0. The fourth-order valence-corrected chi connectivity index (χ4v) is 7.46. The number of aromatic nitrogens is 4. The number of hydrogen-bond donors (Lipinski definition) is 0. The second kappa shape index (κ2) is 16.6. The third-order valence-corrected chi connectivity index (χ3v) is 12.5. The van der Waals surface area contributed by atoms with Crippen molar-refractivity contribution in [3.63, 3.8) is 0 Å². The fraction of sp³-hybridized carbons (Fsp3) is 0.538. The second-order valence-corrected chi connectivity index (χ2v) is 28.5. The van der Waals surface area contributed by atoms with Crippen LogP contribution in [0.1, 0.15) is 45.2 Å². The first-order valence-corrected chi connectivity index (χ1v) is 25.9. The van der Waals surface area contributed by atoms with E-state index < -0.39 is 21.7 Å². The maximum atomic E-state index is 14.6. The molecule has 1 fully saturated rings. The third kappa shape index (κ3) is 10.9. The summed E-state index contributed by atoms with van der Waals surface area (Å²) in [6, 6.07) is 14.7. The van der Waals surface area contributed by atoms with Crippen molar-refractivity contribution in [3.05, 3.63) is 66.4 Å². The van der Waals surface area contributed by atoms with Crippen LogP contribution in [0, 0.1) is 5.82 Å². The van der Waals surface area contributed by atoms with E-state index in [1.165, 1.54) is 6.07 Å². The average Bonchev–Trinajstić information content (AvgIpc) is 3.50. The van der Waals surface area contributed by atoms with Gasteiger partial charge < -0.3 is 24.0 Å². The molecule has 52 heavy (non-hydrogen) atoms. The number of ether oxygens (including phenoxy) is 3. The molecule has 1 aromatic carbocycles. The van der Waals surface area contributed by atoms with Crippen LogP contribution in [0.2, 0.25) is 51.4 Å². The molecule has 0 N–H and O–H groups in total. The van der Waals surface area contributed by atoms with Crippen molar-refractivity contribution in [3.8, 4) is 22.4 Å². The van der Waals surface area contributed by atoms with E-state index in [4.69, 9.17) is 24.3 Å². The zero-order chi connectivity index (χ0) is 37.7. The smallest absolute Gasteiger partial charge is 0.410 e. The number of carbonyl (C=O) groups is 1. The van der Waals surface area contributed by atoms with Crippen LogP contribution < -0.4 is 4.90 Å². The second-order valence-electron chi connectivity index (χ2n) is 17.2. The number of anilines is 1. The molecule has 0 radical (unpaired) electrons. The summed E-state index contributed by atoms with van der Waals surface area (Å²) in [5.74, 6) is 0.638. The number of nitrogens with zero attached hydrogens (tertiary/aromatic N) is 6. The molecule has 13 heteroatoms. The topological polar surface area (TPSA) is 94.3 Å². The highest BCUT2D eigenvalue weighted by Gasteiger charge is 2.30. The van der Waals surface area contributed by atoms with Crippen LogP contribution in [0.5, 0.6) is 0 Å². The molecule has 1 aliphatic heterocycles. The number of amides is 1. The van der Waals surface area contributed by atoms with Gasteiger partial charge in [0.2, 0.25) is 0 Å². The van der Waals surface area contributed by atoms with E-state index in [1.54, 1.807) is 29.3 Å². The van der Waals surface area contributed by atoms with Gasteiger partial charge in [0.15, 0.2) is 5.65 Å². The van der Waals surface area contributed by atoms with E-state index >= 15 is 0 Å². The fourth-order valence-electron chi connectivity index (χ4n) is 5.94. The van der Waals surface area contributed by atoms with Gasteiger partial charge in [0.25, 0.3) is 0 Å². The van der Waals surface area contributed by atoms with Gasteiger partial charge >= 0.3 is 6.09 Å². The number of piperidine rings is 1. The number of fused-ring (bicyclic) bond motifs is 1. The largest absolute Gasteiger partial charge is 0.444 e. The number of benzene rings is 1. The van der Waals surface area contributed by atoms with E-state index in [0.717, 1.165) is 47.6 Å². The van der Waals surface area contributed by atoms with E-state index in [-0.39, 0.29) is 17.8 Å². The van der Waals surface area contributed by atoms with Gasteiger partial charge in [-0.25, -0.2) is 14.2 Å². The maximum absolute atomic E-state index is 14.6. The molecule has 282 valence electrons. The molecule has 1 aliphatic rings. The van der Waals surface area contributed by atoms with Gasteiger partial charge in [-0.1, -0.05) is 57.5 Å². The van der Waals surface area contributed by atoms with Crippen molar-refractivity contribution in [1.29, 1.82) is 0 Å². The lowest BCUT2D eigenvalue weighted by atomic mass is 9.93. The Labute approximate surface area is 310 Å². The molecule has 3 aromatic heterocycles. The molecule has 4 aromatic rings. The van der Waals surface area contributed by atoms with Crippen LogP contribution in [0.25, 0.3) is 28.0 Å². The van der Waals surface area contributed by atoms with E-state index in [9.17, 15) is 9.18 Å². The number of carbonyl (C=O) groups excluding carboxylic acids is 1. The molecule has 10 nitrogen and oxygen atoms in total. The summed E-state index contributed by atoms with van der Waals surface area (Å²) in [5, 5.41) is 4.86.